The number of hydrogen-bond donors (Lipinski definition) is 3. The second-order valence-electron chi connectivity index (χ2n) is 7.24. The normalized spacial score (nSPS) is 11.2. The number of halogens is 1. The summed E-state index contributed by atoms with van der Waals surface area (Å²) in [6.07, 6.45) is 2.02. The molecule has 0 saturated heterocycles. The van der Waals surface area contributed by atoms with E-state index >= 15 is 0 Å². The molecule has 0 atom stereocenters. The molecule has 0 aliphatic carbocycles. The molecule has 0 saturated carbocycles. The lowest BCUT2D eigenvalue weighted by Crippen LogP contribution is -2.38. The molecule has 3 aromatic rings. The van der Waals surface area contributed by atoms with Crippen molar-refractivity contribution in [3.8, 4) is 11.8 Å². The second-order valence-corrected chi connectivity index (χ2v) is 7.24. The lowest BCUT2D eigenvalue weighted by Gasteiger charge is -2.11. The van der Waals surface area contributed by atoms with Gasteiger partial charge in [-0.2, -0.15) is 10.4 Å². The van der Waals surface area contributed by atoms with Crippen LogP contribution in [0.1, 0.15) is 30.2 Å². The maximum absolute atomic E-state index is 13.3. The molecule has 7 nitrogen and oxygen atoms in total. The summed E-state index contributed by atoms with van der Waals surface area (Å²) in [6, 6.07) is 18.3. The third kappa shape index (κ3) is 6.08. The number of anilines is 1. The number of aliphatic imine (C=N–C) groups is 1. The van der Waals surface area contributed by atoms with Gasteiger partial charge in [0.25, 0.3) is 0 Å². The highest BCUT2D eigenvalue weighted by molar-refractivity contribution is 5.79. The van der Waals surface area contributed by atoms with Crippen molar-refractivity contribution >= 4 is 11.8 Å². The third-order valence-corrected chi connectivity index (χ3v) is 4.89. The van der Waals surface area contributed by atoms with Crippen molar-refractivity contribution in [3.63, 3.8) is 0 Å². The minimum absolute atomic E-state index is 0.227. The lowest BCUT2D eigenvalue weighted by atomic mass is 10.1. The molecule has 4 N–H and O–H groups in total. The van der Waals surface area contributed by atoms with Crippen LogP contribution in [0, 0.1) is 17.1 Å². The van der Waals surface area contributed by atoms with E-state index in [1.165, 1.54) is 6.07 Å². The average molecular weight is 434 g/mol. The molecule has 1 aromatic heterocycles. The third-order valence-electron chi connectivity index (χ3n) is 4.89. The van der Waals surface area contributed by atoms with Crippen LogP contribution in [0.25, 0.3) is 5.69 Å². The Labute approximate surface area is 187 Å². The van der Waals surface area contributed by atoms with Crippen LogP contribution in [-0.2, 0) is 12.8 Å². The van der Waals surface area contributed by atoms with E-state index in [-0.39, 0.29) is 5.82 Å². The van der Waals surface area contributed by atoms with E-state index in [1.807, 2.05) is 43.3 Å². The SMILES string of the molecule is CCNC(=NCCCc1nn(-c2ccccc2)c(N)c1C#N)NCCc1cccc(F)c1. The number of nitrogens with one attached hydrogen (secondary N) is 2. The first-order valence-electron chi connectivity index (χ1n) is 10.7. The van der Waals surface area contributed by atoms with Gasteiger partial charge >= 0.3 is 0 Å². The number of nitriles is 1. The molecular weight excluding hydrogens is 405 g/mol. The summed E-state index contributed by atoms with van der Waals surface area (Å²) in [5, 5.41) is 20.6. The number of aromatic nitrogens is 2. The van der Waals surface area contributed by atoms with Crippen LogP contribution in [0.15, 0.2) is 59.6 Å². The zero-order valence-corrected chi connectivity index (χ0v) is 18.2. The Bertz CT molecular complexity index is 1080. The van der Waals surface area contributed by atoms with Gasteiger partial charge in [0, 0.05) is 19.6 Å². The largest absolute Gasteiger partial charge is 0.382 e. The zero-order chi connectivity index (χ0) is 22.8. The first kappa shape index (κ1) is 22.8. The summed E-state index contributed by atoms with van der Waals surface area (Å²) in [5.74, 6) is 0.832. The number of nitrogens with two attached hydrogens (primary N) is 1. The minimum atomic E-state index is -0.227. The summed E-state index contributed by atoms with van der Waals surface area (Å²) >= 11 is 0. The molecule has 0 spiro atoms. The molecule has 0 aliphatic heterocycles. The van der Waals surface area contributed by atoms with E-state index in [4.69, 9.17) is 5.73 Å². The molecular formula is C24H28FN7. The van der Waals surface area contributed by atoms with Gasteiger partial charge in [-0.1, -0.05) is 30.3 Å². The second kappa shape index (κ2) is 11.5. The van der Waals surface area contributed by atoms with Gasteiger partial charge in [-0.15, -0.1) is 0 Å². The number of nitrogens with zero attached hydrogens (tertiary/aromatic N) is 4. The minimum Gasteiger partial charge on any atom is -0.382 e. The summed E-state index contributed by atoms with van der Waals surface area (Å²) in [5.41, 5.74) is 9.00. The average Bonchev–Trinajstić information content (AvgIpc) is 3.12. The lowest BCUT2D eigenvalue weighted by molar-refractivity contribution is 0.625. The zero-order valence-electron chi connectivity index (χ0n) is 18.2. The Morgan fingerprint density at radius 3 is 2.69 bits per heavy atom. The Kier molecular flexibility index (Phi) is 8.21. The summed E-state index contributed by atoms with van der Waals surface area (Å²) < 4.78 is 14.9. The quantitative estimate of drug-likeness (QED) is 0.273. The molecule has 0 unspecified atom stereocenters. The predicted molar refractivity (Wildman–Crippen MR) is 125 cm³/mol. The van der Waals surface area contributed by atoms with Crippen LogP contribution in [-0.4, -0.2) is 35.4 Å². The van der Waals surface area contributed by atoms with E-state index in [9.17, 15) is 9.65 Å². The number of para-hydroxylation sites is 1. The number of benzene rings is 2. The summed E-state index contributed by atoms with van der Waals surface area (Å²) in [7, 11) is 0. The fourth-order valence-electron chi connectivity index (χ4n) is 3.34. The monoisotopic (exact) mass is 433 g/mol. The van der Waals surface area contributed by atoms with Gasteiger partial charge in [0.05, 0.1) is 11.4 Å². The van der Waals surface area contributed by atoms with Crippen molar-refractivity contribution < 1.29 is 4.39 Å². The topological polar surface area (TPSA) is 104 Å². The highest BCUT2D eigenvalue weighted by Gasteiger charge is 2.16. The van der Waals surface area contributed by atoms with Crippen LogP contribution in [0.3, 0.4) is 0 Å². The number of aryl methyl sites for hydroxylation is 1. The summed E-state index contributed by atoms with van der Waals surface area (Å²) in [4.78, 5) is 4.59. The van der Waals surface area contributed by atoms with Crippen molar-refractivity contribution in [2.75, 3.05) is 25.4 Å². The summed E-state index contributed by atoms with van der Waals surface area (Å²) in [6.45, 7) is 3.95. The fraction of sp³-hybridized carbons (Fsp3) is 0.292. The Morgan fingerprint density at radius 1 is 1.16 bits per heavy atom. The maximum Gasteiger partial charge on any atom is 0.191 e. The van der Waals surface area contributed by atoms with Gasteiger partial charge in [0.2, 0.25) is 0 Å². The van der Waals surface area contributed by atoms with Crippen LogP contribution >= 0.6 is 0 Å². The molecule has 32 heavy (non-hydrogen) atoms. The van der Waals surface area contributed by atoms with Crippen molar-refractivity contribution in [1.82, 2.24) is 20.4 Å². The number of nitrogen functional groups attached to an aromatic ring is 1. The van der Waals surface area contributed by atoms with E-state index in [0.29, 0.717) is 49.0 Å². The molecule has 0 aliphatic rings. The van der Waals surface area contributed by atoms with E-state index in [1.54, 1.807) is 16.8 Å². The van der Waals surface area contributed by atoms with Crippen LogP contribution in [0.2, 0.25) is 0 Å². The van der Waals surface area contributed by atoms with Crippen molar-refractivity contribution in [1.29, 1.82) is 5.26 Å². The van der Waals surface area contributed by atoms with Gasteiger partial charge in [-0.25, -0.2) is 9.07 Å². The predicted octanol–water partition coefficient (Wildman–Crippen LogP) is 3.20. The molecule has 1 heterocycles. The van der Waals surface area contributed by atoms with E-state index in [2.05, 4.69) is 26.8 Å². The Hall–Kier alpha value is -3.86. The van der Waals surface area contributed by atoms with Crippen LogP contribution < -0.4 is 16.4 Å². The van der Waals surface area contributed by atoms with E-state index in [0.717, 1.165) is 24.2 Å². The van der Waals surface area contributed by atoms with E-state index < -0.39 is 0 Å². The highest BCUT2D eigenvalue weighted by atomic mass is 19.1. The highest BCUT2D eigenvalue weighted by Crippen LogP contribution is 2.21. The standard InChI is InChI=1S/C24H28FN7/c1-2-28-24(30-15-13-18-8-6-9-19(25)16-18)29-14-7-12-22-21(17-26)23(27)32(31-22)20-10-4-3-5-11-20/h3-6,8-11,16H,2,7,12-15,27H2,1H3,(H2,28,29,30). The Balaban J connectivity index is 1.56. The fourth-order valence-corrected chi connectivity index (χ4v) is 3.34. The Morgan fingerprint density at radius 2 is 1.97 bits per heavy atom. The van der Waals surface area contributed by atoms with Crippen molar-refractivity contribution in [2.24, 2.45) is 4.99 Å². The molecule has 8 heteroatoms. The molecule has 0 bridgehead atoms. The smallest absolute Gasteiger partial charge is 0.191 e. The first-order chi connectivity index (χ1) is 15.6. The molecule has 166 valence electrons. The number of guanidine groups is 1. The molecule has 0 radical (unpaired) electrons. The van der Waals surface area contributed by atoms with Gasteiger partial charge in [0.1, 0.15) is 23.3 Å². The molecule has 0 fully saturated rings. The van der Waals surface area contributed by atoms with Gasteiger partial charge in [0.15, 0.2) is 5.96 Å². The number of rotatable bonds is 9. The molecule has 0 amide bonds. The van der Waals surface area contributed by atoms with Gasteiger partial charge < -0.3 is 16.4 Å². The maximum atomic E-state index is 13.3. The van der Waals surface area contributed by atoms with Gasteiger partial charge in [-0.05, 0) is 56.0 Å². The molecule has 2 aromatic carbocycles. The van der Waals surface area contributed by atoms with Crippen molar-refractivity contribution in [3.05, 3.63) is 77.2 Å². The first-order valence-corrected chi connectivity index (χ1v) is 10.7. The number of hydrogen-bond acceptors (Lipinski definition) is 4. The van der Waals surface area contributed by atoms with Crippen molar-refractivity contribution in [2.45, 2.75) is 26.2 Å². The van der Waals surface area contributed by atoms with Crippen LogP contribution in [0.5, 0.6) is 0 Å². The van der Waals surface area contributed by atoms with Gasteiger partial charge in [-0.3, -0.25) is 4.99 Å². The molecule has 3 rings (SSSR count). The van der Waals surface area contributed by atoms with Crippen LogP contribution in [0.4, 0.5) is 10.2 Å².